The fourth-order valence-electron chi connectivity index (χ4n) is 1.81. The van der Waals surface area contributed by atoms with Crippen molar-refractivity contribution < 1.29 is 0 Å². The quantitative estimate of drug-likeness (QED) is 0.817. The highest BCUT2D eigenvalue weighted by Crippen LogP contribution is 2.25. The molecule has 0 aliphatic heterocycles. The van der Waals surface area contributed by atoms with Crippen LogP contribution in [0.5, 0.6) is 0 Å². The Balaban J connectivity index is 2.45. The average molecular weight is 231 g/mol. The second kappa shape index (κ2) is 4.45. The Morgan fingerprint density at radius 1 is 1.53 bits per heavy atom. The molecule has 5 nitrogen and oxygen atoms in total. The van der Waals surface area contributed by atoms with Crippen LogP contribution < -0.4 is 5.73 Å². The maximum absolute atomic E-state index is 6.09. The van der Waals surface area contributed by atoms with Crippen LogP contribution in [0.15, 0.2) is 25.0 Å². The largest absolute Gasteiger partial charge is 0.383 e. The van der Waals surface area contributed by atoms with Crippen LogP contribution in [0.3, 0.4) is 0 Å². The highest BCUT2D eigenvalue weighted by atomic mass is 15.3. The number of nitrogens with two attached hydrogens (primary N) is 1. The van der Waals surface area contributed by atoms with Crippen molar-refractivity contribution in [2.24, 2.45) is 0 Å². The molecule has 0 saturated carbocycles. The van der Waals surface area contributed by atoms with E-state index in [2.05, 4.69) is 16.7 Å². The molecule has 90 valence electrons. The van der Waals surface area contributed by atoms with Gasteiger partial charge < -0.3 is 10.3 Å². The molecule has 2 aromatic rings. The molecule has 0 saturated heterocycles. The van der Waals surface area contributed by atoms with Gasteiger partial charge in [-0.2, -0.15) is 5.10 Å². The monoisotopic (exact) mass is 231 g/mol. The summed E-state index contributed by atoms with van der Waals surface area (Å²) in [5.74, 6) is 1.56. The van der Waals surface area contributed by atoms with Crippen LogP contribution in [0.4, 0.5) is 5.82 Å². The van der Waals surface area contributed by atoms with E-state index in [1.54, 1.807) is 6.20 Å². The first kappa shape index (κ1) is 11.4. The molecule has 2 N–H and O–H groups in total. The van der Waals surface area contributed by atoms with Gasteiger partial charge in [-0.05, 0) is 13.8 Å². The summed E-state index contributed by atoms with van der Waals surface area (Å²) in [6.07, 6.45) is 5.56. The van der Waals surface area contributed by atoms with Crippen LogP contribution in [0, 0.1) is 6.92 Å². The van der Waals surface area contributed by atoms with Gasteiger partial charge in [0.05, 0.1) is 6.20 Å². The summed E-state index contributed by atoms with van der Waals surface area (Å²) in [4.78, 5) is 4.48. The summed E-state index contributed by atoms with van der Waals surface area (Å²) < 4.78 is 3.79. The maximum atomic E-state index is 6.09. The van der Waals surface area contributed by atoms with E-state index in [0.717, 1.165) is 23.6 Å². The second-order valence-electron chi connectivity index (χ2n) is 3.88. The fraction of sp³-hybridized carbons (Fsp3) is 0.333. The van der Waals surface area contributed by atoms with E-state index in [9.17, 15) is 0 Å². The van der Waals surface area contributed by atoms with Crippen LogP contribution in [-0.2, 0) is 13.1 Å². The summed E-state index contributed by atoms with van der Waals surface area (Å²) >= 11 is 0. The van der Waals surface area contributed by atoms with E-state index < -0.39 is 0 Å². The third kappa shape index (κ3) is 1.95. The SMILES string of the molecule is C=CCn1c(C)nc(-c2cnn(CC)c2)c1N. The molecule has 2 aromatic heterocycles. The van der Waals surface area contributed by atoms with E-state index in [1.807, 2.05) is 35.4 Å². The molecular weight excluding hydrogens is 214 g/mol. The van der Waals surface area contributed by atoms with Crippen LogP contribution in [0.1, 0.15) is 12.7 Å². The van der Waals surface area contributed by atoms with Crippen molar-refractivity contribution in [3.05, 3.63) is 30.9 Å². The third-order valence-corrected chi connectivity index (χ3v) is 2.74. The molecule has 0 aliphatic carbocycles. The molecule has 2 heterocycles. The minimum absolute atomic E-state index is 0.665. The van der Waals surface area contributed by atoms with Gasteiger partial charge in [0, 0.05) is 24.8 Å². The van der Waals surface area contributed by atoms with Gasteiger partial charge >= 0.3 is 0 Å². The molecule has 5 heteroatoms. The van der Waals surface area contributed by atoms with Gasteiger partial charge in [-0.1, -0.05) is 6.08 Å². The molecule has 0 fully saturated rings. The summed E-state index contributed by atoms with van der Waals surface area (Å²) in [5, 5.41) is 4.23. The molecule has 2 rings (SSSR count). The van der Waals surface area contributed by atoms with Gasteiger partial charge in [0.1, 0.15) is 17.3 Å². The fourth-order valence-corrected chi connectivity index (χ4v) is 1.81. The number of nitrogen functional groups attached to an aromatic ring is 1. The number of aryl methyl sites for hydroxylation is 2. The van der Waals surface area contributed by atoms with Crippen molar-refractivity contribution in [1.82, 2.24) is 19.3 Å². The number of allylic oxidation sites excluding steroid dienone is 1. The molecule has 0 aliphatic rings. The van der Waals surface area contributed by atoms with Crippen molar-refractivity contribution in [1.29, 1.82) is 0 Å². The highest BCUT2D eigenvalue weighted by molar-refractivity contribution is 5.69. The standard InChI is InChI=1S/C12H17N5/c1-4-6-17-9(3)15-11(12(17)13)10-7-14-16(5-2)8-10/h4,7-8H,1,5-6,13H2,2-3H3. The normalized spacial score (nSPS) is 10.7. The first-order chi connectivity index (χ1) is 8.17. The van der Waals surface area contributed by atoms with E-state index in [0.29, 0.717) is 12.4 Å². The Bertz CT molecular complexity index is 535. The topological polar surface area (TPSA) is 61.7 Å². The molecule has 0 unspecified atom stereocenters. The average Bonchev–Trinajstić information content (AvgIpc) is 2.89. The van der Waals surface area contributed by atoms with E-state index in [1.165, 1.54) is 0 Å². The van der Waals surface area contributed by atoms with Crippen LogP contribution in [-0.4, -0.2) is 19.3 Å². The van der Waals surface area contributed by atoms with Crippen molar-refractivity contribution in [2.45, 2.75) is 26.9 Å². The third-order valence-electron chi connectivity index (χ3n) is 2.74. The number of imidazole rings is 1. The second-order valence-corrected chi connectivity index (χ2v) is 3.88. The summed E-state index contributed by atoms with van der Waals surface area (Å²) in [6.45, 7) is 9.21. The van der Waals surface area contributed by atoms with Gasteiger partial charge in [-0.3, -0.25) is 4.68 Å². The predicted molar refractivity (Wildman–Crippen MR) is 68.5 cm³/mol. The molecule has 17 heavy (non-hydrogen) atoms. The number of hydrogen-bond acceptors (Lipinski definition) is 3. The zero-order valence-corrected chi connectivity index (χ0v) is 10.2. The van der Waals surface area contributed by atoms with E-state index in [4.69, 9.17) is 5.73 Å². The Labute approximate surface area is 101 Å². The molecule has 0 bridgehead atoms. The Morgan fingerprint density at radius 2 is 2.29 bits per heavy atom. The first-order valence-corrected chi connectivity index (χ1v) is 5.63. The number of aromatic nitrogens is 4. The minimum Gasteiger partial charge on any atom is -0.383 e. The maximum Gasteiger partial charge on any atom is 0.132 e. The lowest BCUT2D eigenvalue weighted by molar-refractivity contribution is 0.660. The van der Waals surface area contributed by atoms with Crippen LogP contribution in [0.2, 0.25) is 0 Å². The zero-order chi connectivity index (χ0) is 12.4. The van der Waals surface area contributed by atoms with Gasteiger partial charge in [-0.15, -0.1) is 6.58 Å². The van der Waals surface area contributed by atoms with E-state index >= 15 is 0 Å². The first-order valence-electron chi connectivity index (χ1n) is 5.63. The number of anilines is 1. The van der Waals surface area contributed by atoms with Gasteiger partial charge in [-0.25, -0.2) is 4.98 Å². The summed E-state index contributed by atoms with van der Waals surface area (Å²) in [6, 6.07) is 0. The smallest absolute Gasteiger partial charge is 0.132 e. The van der Waals surface area contributed by atoms with Crippen LogP contribution in [0.25, 0.3) is 11.3 Å². The van der Waals surface area contributed by atoms with Crippen LogP contribution >= 0.6 is 0 Å². The predicted octanol–water partition coefficient (Wildman–Crippen LogP) is 1.84. The van der Waals surface area contributed by atoms with Gasteiger partial charge in [0.25, 0.3) is 0 Å². The van der Waals surface area contributed by atoms with Crippen molar-refractivity contribution >= 4 is 5.82 Å². The lowest BCUT2D eigenvalue weighted by Gasteiger charge is -2.02. The molecule has 0 spiro atoms. The lowest BCUT2D eigenvalue weighted by atomic mass is 10.2. The van der Waals surface area contributed by atoms with Crippen molar-refractivity contribution in [3.63, 3.8) is 0 Å². The minimum atomic E-state index is 0.665. The molecule has 0 radical (unpaired) electrons. The van der Waals surface area contributed by atoms with Gasteiger partial charge in [0.15, 0.2) is 0 Å². The highest BCUT2D eigenvalue weighted by Gasteiger charge is 2.14. The summed E-state index contributed by atoms with van der Waals surface area (Å²) in [5.41, 5.74) is 7.84. The van der Waals surface area contributed by atoms with Crippen molar-refractivity contribution in [2.75, 3.05) is 5.73 Å². The van der Waals surface area contributed by atoms with Crippen molar-refractivity contribution in [3.8, 4) is 11.3 Å². The molecule has 0 amide bonds. The number of rotatable bonds is 4. The Hall–Kier alpha value is -2.04. The number of nitrogens with zero attached hydrogens (tertiary/aromatic N) is 4. The Kier molecular flexibility index (Phi) is 2.99. The molecule has 0 aromatic carbocycles. The molecule has 0 atom stereocenters. The zero-order valence-electron chi connectivity index (χ0n) is 10.2. The van der Waals surface area contributed by atoms with E-state index in [-0.39, 0.29) is 0 Å². The molecular formula is C12H17N5. The Morgan fingerprint density at radius 3 is 2.88 bits per heavy atom. The number of hydrogen-bond donors (Lipinski definition) is 1. The van der Waals surface area contributed by atoms with Gasteiger partial charge in [0.2, 0.25) is 0 Å². The lowest BCUT2D eigenvalue weighted by Crippen LogP contribution is -2.03. The summed E-state index contributed by atoms with van der Waals surface area (Å²) in [7, 11) is 0.